The maximum atomic E-state index is 12.6. The summed E-state index contributed by atoms with van der Waals surface area (Å²) >= 11 is 1.49. The van der Waals surface area contributed by atoms with E-state index in [2.05, 4.69) is 5.32 Å². The molecule has 3 nitrogen and oxygen atoms in total. The Hall–Kier alpha value is -1.67. The van der Waals surface area contributed by atoms with Gasteiger partial charge < -0.3 is 5.32 Å². The van der Waals surface area contributed by atoms with Gasteiger partial charge >= 0.3 is 6.18 Å². The molecule has 2 aromatic rings. The lowest BCUT2D eigenvalue weighted by molar-refractivity contribution is -0.137. The molecule has 2 rings (SSSR count). The van der Waals surface area contributed by atoms with Crippen LogP contribution in [0.5, 0.6) is 0 Å². The number of alkyl halides is 3. The van der Waals surface area contributed by atoms with E-state index in [9.17, 15) is 22.2 Å². The Kier molecular flexibility index (Phi) is 5.95. The largest absolute Gasteiger partial charge is 0.416 e. The molecule has 0 saturated heterocycles. The van der Waals surface area contributed by atoms with Gasteiger partial charge in [-0.05, 0) is 23.1 Å². The van der Waals surface area contributed by atoms with Gasteiger partial charge in [-0.3, -0.25) is 9.00 Å². The summed E-state index contributed by atoms with van der Waals surface area (Å²) in [7, 11) is -1.56. The monoisotopic (exact) mass is 361 g/mol. The van der Waals surface area contributed by atoms with E-state index >= 15 is 0 Å². The van der Waals surface area contributed by atoms with Gasteiger partial charge in [0.15, 0.2) is 0 Å². The summed E-state index contributed by atoms with van der Waals surface area (Å²) in [6.45, 7) is 0.358. The van der Waals surface area contributed by atoms with Crippen molar-refractivity contribution in [1.82, 2.24) is 5.32 Å². The highest BCUT2D eigenvalue weighted by atomic mass is 32.2. The molecule has 0 aliphatic heterocycles. The lowest BCUT2D eigenvalue weighted by Crippen LogP contribution is -2.27. The zero-order valence-corrected chi connectivity index (χ0v) is 13.6. The topological polar surface area (TPSA) is 46.2 Å². The van der Waals surface area contributed by atoms with Gasteiger partial charge in [-0.1, -0.05) is 24.3 Å². The molecule has 0 aliphatic carbocycles. The molecule has 124 valence electrons. The predicted octanol–water partition coefficient (Wildman–Crippen LogP) is 3.33. The first-order chi connectivity index (χ1) is 10.8. The van der Waals surface area contributed by atoms with Crippen molar-refractivity contribution in [2.45, 2.75) is 18.5 Å². The van der Waals surface area contributed by atoms with Crippen LogP contribution >= 0.6 is 11.3 Å². The minimum atomic E-state index is -4.43. The Bertz CT molecular complexity index is 684. The smallest absolute Gasteiger partial charge is 0.350 e. The molecule has 0 bridgehead atoms. The molecule has 1 aromatic heterocycles. The number of carbonyl (C=O) groups is 1. The molecular formula is C15H14F3NO2S2. The summed E-state index contributed by atoms with van der Waals surface area (Å²) in [5.41, 5.74) is -0.488. The Morgan fingerprint density at radius 3 is 2.65 bits per heavy atom. The van der Waals surface area contributed by atoms with E-state index in [1.54, 1.807) is 0 Å². The molecule has 0 spiro atoms. The molecular weight excluding hydrogens is 347 g/mol. The number of hydrogen-bond acceptors (Lipinski definition) is 3. The van der Waals surface area contributed by atoms with Crippen LogP contribution in [0.1, 0.15) is 16.0 Å². The van der Waals surface area contributed by atoms with Gasteiger partial charge in [-0.2, -0.15) is 13.2 Å². The molecule has 1 heterocycles. The molecule has 0 aliphatic rings. The van der Waals surface area contributed by atoms with E-state index in [1.807, 2.05) is 17.5 Å². The van der Waals surface area contributed by atoms with E-state index in [1.165, 1.54) is 23.5 Å². The number of nitrogens with one attached hydrogen (secondary N) is 1. The second-order valence-corrected chi connectivity index (χ2v) is 7.27. The zero-order valence-electron chi connectivity index (χ0n) is 11.9. The minimum Gasteiger partial charge on any atom is -0.350 e. The minimum absolute atomic E-state index is 0.0870. The second kappa shape index (κ2) is 7.74. The SMILES string of the molecule is O=C(CS(=O)Cc1cccc(C(F)(F)F)c1)NCc1cccs1. The third-order valence-electron chi connectivity index (χ3n) is 2.91. The average Bonchev–Trinajstić information content (AvgIpc) is 2.97. The summed E-state index contributed by atoms with van der Waals surface area (Å²) in [5.74, 6) is -0.707. The molecule has 1 aromatic carbocycles. The molecule has 1 unspecified atom stereocenters. The lowest BCUT2D eigenvalue weighted by atomic mass is 10.1. The highest BCUT2D eigenvalue weighted by Crippen LogP contribution is 2.29. The molecule has 23 heavy (non-hydrogen) atoms. The van der Waals surface area contributed by atoms with Crippen molar-refractivity contribution in [1.29, 1.82) is 0 Å². The van der Waals surface area contributed by atoms with Crippen molar-refractivity contribution in [3.63, 3.8) is 0 Å². The molecule has 0 saturated carbocycles. The van der Waals surface area contributed by atoms with E-state index in [4.69, 9.17) is 0 Å². The van der Waals surface area contributed by atoms with Crippen LogP contribution < -0.4 is 5.32 Å². The lowest BCUT2D eigenvalue weighted by Gasteiger charge is -2.09. The van der Waals surface area contributed by atoms with Crippen LogP contribution in [0.4, 0.5) is 13.2 Å². The summed E-state index contributed by atoms with van der Waals surface area (Å²) in [5, 5.41) is 4.52. The number of benzene rings is 1. The highest BCUT2D eigenvalue weighted by Gasteiger charge is 2.30. The summed E-state index contributed by atoms with van der Waals surface area (Å²) < 4.78 is 49.8. The van der Waals surface area contributed by atoms with E-state index in [0.717, 1.165) is 17.0 Å². The Morgan fingerprint density at radius 2 is 2.00 bits per heavy atom. The van der Waals surface area contributed by atoms with Crippen molar-refractivity contribution in [2.24, 2.45) is 0 Å². The fourth-order valence-corrected chi connectivity index (χ4v) is 3.56. The van der Waals surface area contributed by atoms with Crippen LogP contribution in [0.2, 0.25) is 0 Å². The molecule has 0 fully saturated rings. The summed E-state index contributed by atoms with van der Waals surface area (Å²) in [6.07, 6.45) is -4.43. The third kappa shape index (κ3) is 5.80. The van der Waals surface area contributed by atoms with Crippen molar-refractivity contribution < 1.29 is 22.2 Å². The van der Waals surface area contributed by atoms with Gasteiger partial charge in [0.2, 0.25) is 5.91 Å². The highest BCUT2D eigenvalue weighted by molar-refractivity contribution is 7.84. The van der Waals surface area contributed by atoms with Gasteiger partial charge in [-0.25, -0.2) is 0 Å². The molecule has 1 atom stereocenters. The molecule has 0 radical (unpaired) electrons. The van der Waals surface area contributed by atoms with Gasteiger partial charge in [0.05, 0.1) is 12.1 Å². The number of thiophene rings is 1. The fourth-order valence-electron chi connectivity index (χ4n) is 1.87. The number of carbonyl (C=O) groups excluding carboxylic acids is 1. The van der Waals surface area contributed by atoms with Crippen LogP contribution in [0.3, 0.4) is 0 Å². The fraction of sp³-hybridized carbons (Fsp3) is 0.267. The second-order valence-electron chi connectivity index (χ2n) is 4.78. The average molecular weight is 361 g/mol. The number of halogens is 3. The first kappa shape index (κ1) is 17.7. The first-order valence-electron chi connectivity index (χ1n) is 6.65. The molecule has 1 N–H and O–H groups in total. The van der Waals surface area contributed by atoms with Crippen LogP contribution in [-0.2, 0) is 34.1 Å². The summed E-state index contributed by atoms with van der Waals surface area (Å²) in [4.78, 5) is 12.7. The Balaban J connectivity index is 1.85. The zero-order chi connectivity index (χ0) is 16.9. The van der Waals surface area contributed by atoms with Crippen molar-refractivity contribution in [3.05, 3.63) is 57.8 Å². The van der Waals surface area contributed by atoms with Gasteiger partial charge in [0.25, 0.3) is 0 Å². The molecule has 1 amide bonds. The normalized spacial score (nSPS) is 12.8. The third-order valence-corrected chi connectivity index (χ3v) is 5.03. The summed E-state index contributed by atoms with van der Waals surface area (Å²) in [6, 6.07) is 8.38. The van der Waals surface area contributed by atoms with Crippen LogP contribution in [0.15, 0.2) is 41.8 Å². The Labute approximate surface area is 138 Å². The van der Waals surface area contributed by atoms with Crippen LogP contribution in [0, 0.1) is 0 Å². The number of rotatable bonds is 6. The van der Waals surface area contributed by atoms with Crippen molar-refractivity contribution >= 4 is 28.0 Å². The molecule has 8 heteroatoms. The maximum absolute atomic E-state index is 12.6. The number of amides is 1. The van der Waals surface area contributed by atoms with Gasteiger partial charge in [0.1, 0.15) is 5.75 Å². The van der Waals surface area contributed by atoms with Crippen molar-refractivity contribution in [3.8, 4) is 0 Å². The van der Waals surface area contributed by atoms with E-state index in [0.29, 0.717) is 12.1 Å². The van der Waals surface area contributed by atoms with E-state index < -0.39 is 22.5 Å². The Morgan fingerprint density at radius 1 is 1.22 bits per heavy atom. The van der Waals surface area contributed by atoms with Gasteiger partial charge in [-0.15, -0.1) is 11.3 Å². The number of hydrogen-bond donors (Lipinski definition) is 1. The van der Waals surface area contributed by atoms with Crippen LogP contribution in [-0.4, -0.2) is 15.9 Å². The van der Waals surface area contributed by atoms with Gasteiger partial charge in [0, 0.05) is 21.4 Å². The first-order valence-corrected chi connectivity index (χ1v) is 9.01. The quantitative estimate of drug-likeness (QED) is 0.858. The standard InChI is InChI=1S/C15H14F3NO2S2/c16-15(17,18)12-4-1-3-11(7-12)9-23(21)10-14(20)19-8-13-5-2-6-22-13/h1-7H,8-10H2,(H,19,20). The van der Waals surface area contributed by atoms with Crippen LogP contribution in [0.25, 0.3) is 0 Å². The van der Waals surface area contributed by atoms with E-state index in [-0.39, 0.29) is 17.4 Å². The van der Waals surface area contributed by atoms with Crippen molar-refractivity contribution in [2.75, 3.05) is 5.75 Å². The maximum Gasteiger partial charge on any atom is 0.416 e. The predicted molar refractivity (Wildman–Crippen MR) is 84.3 cm³/mol.